The summed E-state index contributed by atoms with van der Waals surface area (Å²) in [6.07, 6.45) is -1.69. The molecule has 0 amide bonds. The van der Waals surface area contributed by atoms with Crippen LogP contribution in [0.25, 0.3) is 11.0 Å². The first-order chi connectivity index (χ1) is 11.9. The lowest BCUT2D eigenvalue weighted by Gasteiger charge is -2.32. The average molecular weight is 342 g/mol. The second-order valence-electron chi connectivity index (χ2n) is 5.93. The minimum atomic E-state index is -0.976. The van der Waals surface area contributed by atoms with Gasteiger partial charge in [-0.2, -0.15) is 0 Å². The minimum absolute atomic E-state index is 0.114. The molecule has 2 atom stereocenters. The quantitative estimate of drug-likeness (QED) is 0.394. The molecule has 0 fully saturated rings. The Morgan fingerprint density at radius 2 is 1.76 bits per heavy atom. The van der Waals surface area contributed by atoms with Crippen LogP contribution in [-0.2, 0) is 6.42 Å². The van der Waals surface area contributed by atoms with Gasteiger partial charge < -0.3 is 29.6 Å². The maximum atomic E-state index is 11.4. The van der Waals surface area contributed by atoms with Gasteiger partial charge in [-0.15, -0.1) is 0 Å². The topological polar surface area (TPSA) is 120 Å². The van der Waals surface area contributed by atoms with Gasteiger partial charge in [0, 0.05) is 24.1 Å². The van der Waals surface area contributed by atoms with Crippen molar-refractivity contribution in [1.82, 2.24) is 0 Å². The molecule has 1 aromatic heterocycles. The number of rotatable bonds is 1. The van der Waals surface area contributed by atoms with Gasteiger partial charge in [0.25, 0.3) is 0 Å². The van der Waals surface area contributed by atoms with Gasteiger partial charge in [0.05, 0.1) is 11.5 Å². The van der Waals surface area contributed by atoms with Gasteiger partial charge in [0.2, 0.25) is 0 Å². The highest BCUT2D eigenvalue weighted by Gasteiger charge is 2.33. The number of hydrogen-bond acceptors (Lipinski definition) is 7. The molecule has 4 N–H and O–H groups in total. The summed E-state index contributed by atoms with van der Waals surface area (Å²) < 4.78 is 11.0. The summed E-state index contributed by atoms with van der Waals surface area (Å²) in [5.41, 5.74) is 0.491. The lowest BCUT2D eigenvalue weighted by molar-refractivity contribution is 0.0210. The Labute approximate surface area is 141 Å². The lowest BCUT2D eigenvalue weighted by Crippen LogP contribution is -2.30. The molecule has 0 radical (unpaired) electrons. The number of fused-ring (bicyclic) bond motifs is 3. The number of phenolic OH excluding ortho intramolecular Hbond substituents is 3. The number of phenols is 3. The van der Waals surface area contributed by atoms with Crippen molar-refractivity contribution in [1.29, 1.82) is 0 Å². The van der Waals surface area contributed by atoms with Crippen molar-refractivity contribution in [2.45, 2.75) is 18.6 Å². The zero-order chi connectivity index (χ0) is 17.7. The fourth-order valence-electron chi connectivity index (χ4n) is 3.08. The van der Waals surface area contributed by atoms with E-state index in [4.69, 9.17) is 9.15 Å². The molecule has 0 aliphatic carbocycles. The van der Waals surface area contributed by atoms with Crippen LogP contribution in [0.2, 0.25) is 0 Å². The summed E-state index contributed by atoms with van der Waals surface area (Å²) in [5.74, 6) is -0.435. The van der Waals surface area contributed by atoms with Crippen LogP contribution < -0.4 is 10.4 Å². The molecule has 3 aromatic rings. The zero-order valence-electron chi connectivity index (χ0n) is 12.8. The van der Waals surface area contributed by atoms with Gasteiger partial charge in [-0.3, -0.25) is 0 Å². The van der Waals surface area contributed by atoms with Gasteiger partial charge in [-0.25, -0.2) is 4.79 Å². The number of aliphatic hydroxyl groups excluding tert-OH is 1. The normalized spacial score (nSPS) is 19.4. The molecule has 1 aliphatic heterocycles. The van der Waals surface area contributed by atoms with E-state index in [1.54, 1.807) is 0 Å². The number of aliphatic hydroxyl groups is 1. The molecular weight excluding hydrogens is 328 g/mol. The third-order valence-corrected chi connectivity index (χ3v) is 4.29. The van der Waals surface area contributed by atoms with E-state index in [0.717, 1.165) is 0 Å². The van der Waals surface area contributed by atoms with Crippen molar-refractivity contribution >= 4 is 11.0 Å². The van der Waals surface area contributed by atoms with E-state index in [2.05, 4.69) is 0 Å². The van der Waals surface area contributed by atoms with Crippen LogP contribution in [0, 0.1) is 0 Å². The third kappa shape index (κ3) is 2.45. The summed E-state index contributed by atoms with van der Waals surface area (Å²) in [5, 5.41) is 40.2. The maximum Gasteiger partial charge on any atom is 0.336 e. The number of hydrogen-bond donors (Lipinski definition) is 4. The van der Waals surface area contributed by atoms with Crippen molar-refractivity contribution in [3.05, 3.63) is 57.9 Å². The van der Waals surface area contributed by atoms with E-state index in [0.29, 0.717) is 22.3 Å². The Kier molecular flexibility index (Phi) is 3.33. The molecule has 2 aromatic carbocycles. The fraction of sp³-hybridized carbons (Fsp3) is 0.167. The van der Waals surface area contributed by atoms with Gasteiger partial charge >= 0.3 is 5.63 Å². The van der Waals surface area contributed by atoms with Crippen LogP contribution in [0.15, 0.2) is 45.6 Å². The first-order valence-electron chi connectivity index (χ1n) is 7.59. The highest BCUT2D eigenvalue weighted by atomic mass is 16.5. The van der Waals surface area contributed by atoms with Crippen molar-refractivity contribution in [2.75, 3.05) is 0 Å². The standard InChI is InChI=1S/C18H14O7/c19-11-3-1-8(5-13(11)21)17-14(22)6-10-12(20)7-15-9(18(10)25-17)2-4-16(23)24-15/h1-5,7,14,17,19-22H,6H2. The van der Waals surface area contributed by atoms with E-state index in [9.17, 15) is 25.2 Å². The first kappa shape index (κ1) is 15.3. The summed E-state index contributed by atoms with van der Waals surface area (Å²) in [4.78, 5) is 11.4. The van der Waals surface area contributed by atoms with Gasteiger partial charge in [-0.05, 0) is 23.8 Å². The molecule has 4 rings (SSSR count). The van der Waals surface area contributed by atoms with Gasteiger partial charge in [0.1, 0.15) is 23.2 Å². The van der Waals surface area contributed by atoms with E-state index >= 15 is 0 Å². The lowest BCUT2D eigenvalue weighted by atomic mass is 9.93. The Morgan fingerprint density at radius 3 is 2.52 bits per heavy atom. The molecule has 0 saturated carbocycles. The third-order valence-electron chi connectivity index (χ3n) is 4.29. The number of ether oxygens (including phenoxy) is 1. The molecule has 7 heteroatoms. The molecule has 128 valence electrons. The first-order valence-corrected chi connectivity index (χ1v) is 7.59. The fourth-order valence-corrected chi connectivity index (χ4v) is 3.08. The highest BCUT2D eigenvalue weighted by Crippen LogP contribution is 2.44. The second kappa shape index (κ2) is 5.42. The second-order valence-corrected chi connectivity index (χ2v) is 5.93. The van der Waals surface area contributed by atoms with Crippen LogP contribution in [0.5, 0.6) is 23.0 Å². The highest BCUT2D eigenvalue weighted by molar-refractivity contribution is 5.87. The molecule has 0 saturated heterocycles. The van der Waals surface area contributed by atoms with Crippen LogP contribution in [0.4, 0.5) is 0 Å². The molecule has 2 heterocycles. The summed E-state index contributed by atoms with van der Waals surface area (Å²) in [7, 11) is 0. The predicted molar refractivity (Wildman–Crippen MR) is 87.0 cm³/mol. The largest absolute Gasteiger partial charge is 0.507 e. The van der Waals surface area contributed by atoms with Crippen molar-refractivity contribution < 1.29 is 29.6 Å². The molecule has 25 heavy (non-hydrogen) atoms. The molecular formula is C18H14O7. The molecule has 0 spiro atoms. The smallest absolute Gasteiger partial charge is 0.336 e. The van der Waals surface area contributed by atoms with Gasteiger partial charge in [-0.1, -0.05) is 6.07 Å². The van der Waals surface area contributed by atoms with E-state index in [1.165, 1.54) is 36.4 Å². The SMILES string of the molecule is O=c1ccc2c3c(c(O)cc2o1)CC(O)C(c1ccc(O)c(O)c1)O3. The zero-order valence-corrected chi connectivity index (χ0v) is 12.8. The van der Waals surface area contributed by atoms with Gasteiger partial charge in [0.15, 0.2) is 11.5 Å². The van der Waals surface area contributed by atoms with E-state index in [1.807, 2.05) is 0 Å². The molecule has 7 nitrogen and oxygen atoms in total. The average Bonchev–Trinajstić information content (AvgIpc) is 2.57. The Balaban J connectivity index is 1.86. The molecule has 1 aliphatic rings. The van der Waals surface area contributed by atoms with Crippen molar-refractivity contribution in [2.24, 2.45) is 0 Å². The van der Waals surface area contributed by atoms with Crippen LogP contribution >= 0.6 is 0 Å². The Morgan fingerprint density at radius 1 is 0.960 bits per heavy atom. The van der Waals surface area contributed by atoms with Crippen LogP contribution in [0.3, 0.4) is 0 Å². The van der Waals surface area contributed by atoms with Crippen molar-refractivity contribution in [3.8, 4) is 23.0 Å². The van der Waals surface area contributed by atoms with Crippen LogP contribution in [0.1, 0.15) is 17.2 Å². The summed E-state index contributed by atoms with van der Waals surface area (Å²) >= 11 is 0. The molecule has 0 bridgehead atoms. The maximum absolute atomic E-state index is 11.4. The summed E-state index contributed by atoms with van der Waals surface area (Å²) in [6, 6.07) is 8.23. The van der Waals surface area contributed by atoms with E-state index < -0.39 is 17.8 Å². The van der Waals surface area contributed by atoms with Crippen molar-refractivity contribution in [3.63, 3.8) is 0 Å². The predicted octanol–water partition coefficient (Wildman–Crippen LogP) is 1.95. The van der Waals surface area contributed by atoms with E-state index in [-0.39, 0.29) is 29.3 Å². The number of aromatic hydroxyl groups is 3. The molecule has 2 unspecified atom stereocenters. The Bertz CT molecular complexity index is 1040. The Hall–Kier alpha value is -3.19. The number of benzene rings is 2. The minimum Gasteiger partial charge on any atom is -0.507 e. The monoisotopic (exact) mass is 342 g/mol. The summed E-state index contributed by atoms with van der Waals surface area (Å²) in [6.45, 7) is 0. The van der Waals surface area contributed by atoms with Crippen LogP contribution in [-0.4, -0.2) is 26.5 Å².